The van der Waals surface area contributed by atoms with Gasteiger partial charge in [0.1, 0.15) is 0 Å². The maximum absolute atomic E-state index is 11.7. The SMILES string of the molecule is COC1CN(C(C(C)=O)c2ccccc2)C1. The Kier molecular flexibility index (Phi) is 3.36. The average molecular weight is 219 g/mol. The Morgan fingerprint density at radius 1 is 1.38 bits per heavy atom. The summed E-state index contributed by atoms with van der Waals surface area (Å²) in [7, 11) is 1.72. The van der Waals surface area contributed by atoms with Gasteiger partial charge in [-0.3, -0.25) is 9.69 Å². The number of Topliss-reactive ketones (excluding diaryl/α,β-unsaturated/α-hetero) is 1. The highest BCUT2D eigenvalue weighted by Gasteiger charge is 2.35. The van der Waals surface area contributed by atoms with Gasteiger partial charge in [-0.25, -0.2) is 0 Å². The Balaban J connectivity index is 2.11. The fourth-order valence-electron chi connectivity index (χ4n) is 2.17. The molecule has 1 aliphatic heterocycles. The number of carbonyl (C=O) groups is 1. The molecular formula is C13H17NO2. The Morgan fingerprint density at radius 2 is 2.00 bits per heavy atom. The molecule has 86 valence electrons. The number of rotatable bonds is 4. The van der Waals surface area contributed by atoms with Crippen molar-refractivity contribution in [1.29, 1.82) is 0 Å². The summed E-state index contributed by atoms with van der Waals surface area (Å²) in [5.74, 6) is 0.195. The van der Waals surface area contributed by atoms with Crippen molar-refractivity contribution in [2.75, 3.05) is 20.2 Å². The highest BCUT2D eigenvalue weighted by atomic mass is 16.5. The number of benzene rings is 1. The third-order valence-corrected chi connectivity index (χ3v) is 3.08. The third kappa shape index (κ3) is 2.15. The van der Waals surface area contributed by atoms with Crippen LogP contribution in [0, 0.1) is 0 Å². The van der Waals surface area contributed by atoms with E-state index in [9.17, 15) is 4.79 Å². The number of carbonyl (C=O) groups excluding carboxylic acids is 1. The molecule has 0 amide bonds. The van der Waals surface area contributed by atoms with Crippen LogP contribution in [0.4, 0.5) is 0 Å². The number of hydrogen-bond donors (Lipinski definition) is 0. The molecule has 0 aromatic heterocycles. The van der Waals surface area contributed by atoms with Crippen LogP contribution in [0.5, 0.6) is 0 Å². The van der Waals surface area contributed by atoms with E-state index in [1.807, 2.05) is 30.3 Å². The number of likely N-dealkylation sites (tertiary alicyclic amines) is 1. The number of hydrogen-bond acceptors (Lipinski definition) is 3. The molecule has 1 aromatic carbocycles. The fraction of sp³-hybridized carbons (Fsp3) is 0.462. The number of ketones is 1. The summed E-state index contributed by atoms with van der Waals surface area (Å²) >= 11 is 0. The second kappa shape index (κ2) is 4.76. The summed E-state index contributed by atoms with van der Waals surface area (Å²) in [6.45, 7) is 3.34. The van der Waals surface area contributed by atoms with Crippen LogP contribution in [0.15, 0.2) is 30.3 Å². The van der Waals surface area contributed by atoms with E-state index < -0.39 is 0 Å². The summed E-state index contributed by atoms with van der Waals surface area (Å²) in [5, 5.41) is 0. The van der Waals surface area contributed by atoms with Crippen molar-refractivity contribution in [3.63, 3.8) is 0 Å². The predicted molar refractivity (Wildman–Crippen MR) is 62.2 cm³/mol. The molecule has 3 heteroatoms. The van der Waals surface area contributed by atoms with Crippen molar-refractivity contribution >= 4 is 5.78 Å². The topological polar surface area (TPSA) is 29.5 Å². The van der Waals surface area contributed by atoms with Gasteiger partial charge in [0.2, 0.25) is 0 Å². The zero-order chi connectivity index (χ0) is 11.5. The molecule has 1 fully saturated rings. The van der Waals surface area contributed by atoms with E-state index in [-0.39, 0.29) is 17.9 Å². The molecule has 1 atom stereocenters. The van der Waals surface area contributed by atoms with Crippen LogP contribution in [0.1, 0.15) is 18.5 Å². The molecule has 16 heavy (non-hydrogen) atoms. The molecular weight excluding hydrogens is 202 g/mol. The largest absolute Gasteiger partial charge is 0.379 e. The maximum Gasteiger partial charge on any atom is 0.151 e. The van der Waals surface area contributed by atoms with Crippen molar-refractivity contribution < 1.29 is 9.53 Å². The first-order chi connectivity index (χ1) is 7.72. The molecule has 1 heterocycles. The van der Waals surface area contributed by atoms with Crippen molar-refractivity contribution in [1.82, 2.24) is 4.90 Å². The molecule has 0 radical (unpaired) electrons. The Hall–Kier alpha value is -1.19. The van der Waals surface area contributed by atoms with E-state index in [2.05, 4.69) is 4.90 Å². The normalized spacial score (nSPS) is 19.1. The molecule has 2 rings (SSSR count). The quantitative estimate of drug-likeness (QED) is 0.771. The first-order valence-corrected chi connectivity index (χ1v) is 5.54. The predicted octanol–water partition coefficient (Wildman–Crippen LogP) is 1.65. The van der Waals surface area contributed by atoms with E-state index in [1.165, 1.54) is 0 Å². The Morgan fingerprint density at radius 3 is 2.50 bits per heavy atom. The van der Waals surface area contributed by atoms with Gasteiger partial charge in [-0.2, -0.15) is 0 Å². The van der Waals surface area contributed by atoms with Gasteiger partial charge < -0.3 is 4.74 Å². The molecule has 0 bridgehead atoms. The van der Waals surface area contributed by atoms with Crippen molar-refractivity contribution in [2.24, 2.45) is 0 Å². The lowest BCUT2D eigenvalue weighted by Crippen LogP contribution is -2.54. The van der Waals surface area contributed by atoms with Crippen LogP contribution in [-0.4, -0.2) is 37.0 Å². The van der Waals surface area contributed by atoms with Gasteiger partial charge in [-0.1, -0.05) is 30.3 Å². The molecule has 0 N–H and O–H groups in total. The van der Waals surface area contributed by atoms with E-state index in [1.54, 1.807) is 14.0 Å². The zero-order valence-electron chi connectivity index (χ0n) is 9.72. The Labute approximate surface area is 96.0 Å². The van der Waals surface area contributed by atoms with Gasteiger partial charge in [0.25, 0.3) is 0 Å². The van der Waals surface area contributed by atoms with E-state index in [0.29, 0.717) is 0 Å². The first-order valence-electron chi connectivity index (χ1n) is 5.54. The summed E-state index contributed by atoms with van der Waals surface area (Å²) in [4.78, 5) is 13.8. The van der Waals surface area contributed by atoms with Gasteiger partial charge >= 0.3 is 0 Å². The van der Waals surface area contributed by atoms with Crippen molar-refractivity contribution in [3.05, 3.63) is 35.9 Å². The number of methoxy groups -OCH3 is 1. The molecule has 3 nitrogen and oxygen atoms in total. The second-order valence-corrected chi connectivity index (χ2v) is 4.24. The average Bonchev–Trinajstić information content (AvgIpc) is 2.23. The van der Waals surface area contributed by atoms with E-state index >= 15 is 0 Å². The zero-order valence-corrected chi connectivity index (χ0v) is 9.72. The summed E-state index contributed by atoms with van der Waals surface area (Å²) in [6, 6.07) is 9.82. The summed E-state index contributed by atoms with van der Waals surface area (Å²) in [5.41, 5.74) is 1.07. The number of nitrogens with zero attached hydrogens (tertiary/aromatic N) is 1. The summed E-state index contributed by atoms with van der Waals surface area (Å²) < 4.78 is 5.23. The Bertz CT molecular complexity index is 357. The van der Waals surface area contributed by atoms with Crippen LogP contribution in [0.25, 0.3) is 0 Å². The molecule has 0 aliphatic carbocycles. The van der Waals surface area contributed by atoms with Gasteiger partial charge in [0, 0.05) is 20.2 Å². The smallest absolute Gasteiger partial charge is 0.151 e. The molecule has 1 aliphatic rings. The lowest BCUT2D eigenvalue weighted by atomic mass is 9.97. The van der Waals surface area contributed by atoms with Crippen LogP contribution < -0.4 is 0 Å². The van der Waals surface area contributed by atoms with Gasteiger partial charge in [-0.05, 0) is 12.5 Å². The van der Waals surface area contributed by atoms with Crippen molar-refractivity contribution in [2.45, 2.75) is 19.1 Å². The maximum atomic E-state index is 11.7. The third-order valence-electron chi connectivity index (χ3n) is 3.08. The van der Waals surface area contributed by atoms with Gasteiger partial charge in [-0.15, -0.1) is 0 Å². The van der Waals surface area contributed by atoms with E-state index in [4.69, 9.17) is 4.74 Å². The fourth-order valence-corrected chi connectivity index (χ4v) is 2.17. The number of ether oxygens (including phenoxy) is 1. The lowest BCUT2D eigenvalue weighted by Gasteiger charge is -2.42. The van der Waals surface area contributed by atoms with Gasteiger partial charge in [0.05, 0.1) is 12.1 Å². The van der Waals surface area contributed by atoms with Gasteiger partial charge in [0.15, 0.2) is 5.78 Å². The first kappa shape index (κ1) is 11.3. The van der Waals surface area contributed by atoms with E-state index in [0.717, 1.165) is 18.7 Å². The highest BCUT2D eigenvalue weighted by molar-refractivity contribution is 5.83. The monoisotopic (exact) mass is 219 g/mol. The molecule has 0 saturated carbocycles. The van der Waals surface area contributed by atoms with Crippen LogP contribution in [0.2, 0.25) is 0 Å². The second-order valence-electron chi connectivity index (χ2n) is 4.24. The minimum absolute atomic E-state index is 0.104. The van der Waals surface area contributed by atoms with Crippen LogP contribution in [-0.2, 0) is 9.53 Å². The minimum Gasteiger partial charge on any atom is -0.379 e. The van der Waals surface area contributed by atoms with Crippen LogP contribution >= 0.6 is 0 Å². The molecule has 1 aromatic rings. The van der Waals surface area contributed by atoms with Crippen LogP contribution in [0.3, 0.4) is 0 Å². The highest BCUT2D eigenvalue weighted by Crippen LogP contribution is 2.27. The molecule has 1 unspecified atom stereocenters. The van der Waals surface area contributed by atoms with Crippen molar-refractivity contribution in [3.8, 4) is 0 Å². The summed E-state index contributed by atoms with van der Waals surface area (Å²) in [6.07, 6.45) is 0.283. The minimum atomic E-state index is -0.104. The standard InChI is InChI=1S/C13H17NO2/c1-10(15)13(11-6-4-3-5-7-11)14-8-12(9-14)16-2/h3-7,12-13H,8-9H2,1-2H3. The molecule has 0 spiro atoms. The molecule has 1 saturated heterocycles. The lowest BCUT2D eigenvalue weighted by molar-refractivity contribution is -0.128.